The molecule has 0 saturated carbocycles. The fourth-order valence-electron chi connectivity index (χ4n) is 3.39. The summed E-state index contributed by atoms with van der Waals surface area (Å²) in [7, 11) is -3.55. The number of rotatable bonds is 9. The van der Waals surface area contributed by atoms with Crippen molar-refractivity contribution >= 4 is 33.4 Å². The van der Waals surface area contributed by atoms with Crippen LogP contribution in [0.1, 0.15) is 38.1 Å². The van der Waals surface area contributed by atoms with Crippen molar-refractivity contribution in [3.63, 3.8) is 0 Å². The second-order valence-corrected chi connectivity index (χ2v) is 11.1. The quantitative estimate of drug-likeness (QED) is 0.553. The highest BCUT2D eigenvalue weighted by Gasteiger charge is 2.26. The maximum absolute atomic E-state index is 12.8. The van der Waals surface area contributed by atoms with Crippen molar-refractivity contribution in [1.29, 1.82) is 0 Å². The van der Waals surface area contributed by atoms with Gasteiger partial charge in [-0.25, -0.2) is 13.4 Å². The molecule has 0 spiro atoms. The van der Waals surface area contributed by atoms with E-state index in [-0.39, 0.29) is 16.1 Å². The second-order valence-electron chi connectivity index (χ2n) is 7.86. The lowest BCUT2D eigenvalue weighted by Crippen LogP contribution is -2.40. The molecule has 2 aromatic rings. The first kappa shape index (κ1) is 24.8. The predicted octanol–water partition coefficient (Wildman–Crippen LogP) is 3.44. The Kier molecular flexibility index (Phi) is 8.37. The zero-order valence-electron chi connectivity index (χ0n) is 19.1. The van der Waals surface area contributed by atoms with Crippen molar-refractivity contribution in [2.45, 2.75) is 62.4 Å². The number of imidazole rings is 1. The minimum Gasteiger partial charge on any atom is -0.379 e. The van der Waals surface area contributed by atoms with Crippen LogP contribution in [0.4, 0.5) is 5.69 Å². The number of aryl methyl sites for hydroxylation is 1. The van der Waals surface area contributed by atoms with E-state index in [0.717, 1.165) is 35.9 Å². The van der Waals surface area contributed by atoms with Crippen molar-refractivity contribution in [2.24, 2.45) is 0 Å². The van der Waals surface area contributed by atoms with Gasteiger partial charge in [-0.2, -0.15) is 4.31 Å². The first-order chi connectivity index (χ1) is 15.2. The van der Waals surface area contributed by atoms with Crippen molar-refractivity contribution < 1.29 is 17.9 Å². The van der Waals surface area contributed by atoms with Gasteiger partial charge < -0.3 is 14.6 Å². The fraction of sp³-hybridized carbons (Fsp3) is 0.545. The summed E-state index contributed by atoms with van der Waals surface area (Å²) in [6.45, 7) is 10.4. The molecule has 32 heavy (non-hydrogen) atoms. The zero-order chi connectivity index (χ0) is 23.3. The maximum atomic E-state index is 12.8. The largest absolute Gasteiger partial charge is 0.379 e. The van der Waals surface area contributed by atoms with Gasteiger partial charge in [0, 0.05) is 31.0 Å². The third-order valence-corrected chi connectivity index (χ3v) is 8.54. The Morgan fingerprint density at radius 1 is 1.22 bits per heavy atom. The minimum absolute atomic E-state index is 0.154. The number of nitrogens with zero attached hydrogens (tertiary/aromatic N) is 3. The monoisotopic (exact) mass is 480 g/mol. The van der Waals surface area contributed by atoms with Crippen LogP contribution in [0.15, 0.2) is 34.3 Å². The normalized spacial score (nSPS) is 16.1. The number of amides is 1. The van der Waals surface area contributed by atoms with E-state index in [4.69, 9.17) is 4.74 Å². The maximum Gasteiger partial charge on any atom is 0.243 e. The molecule has 1 aliphatic heterocycles. The number of sulfonamides is 1. The van der Waals surface area contributed by atoms with Crippen LogP contribution < -0.4 is 5.32 Å². The molecule has 1 aromatic carbocycles. The molecular weight excluding hydrogens is 448 g/mol. The molecule has 1 fully saturated rings. The molecule has 1 unspecified atom stereocenters. The van der Waals surface area contributed by atoms with Gasteiger partial charge in [0.05, 0.1) is 29.1 Å². The van der Waals surface area contributed by atoms with Gasteiger partial charge in [-0.05, 0) is 51.5 Å². The molecule has 1 atom stereocenters. The van der Waals surface area contributed by atoms with E-state index in [1.54, 1.807) is 12.1 Å². The molecule has 0 aliphatic carbocycles. The number of benzene rings is 1. The van der Waals surface area contributed by atoms with Crippen molar-refractivity contribution in [3.8, 4) is 0 Å². The standard InChI is InChI=1S/C22H32N4O4S2/c1-5-6-11-26-17(3)16(2)23-22(26)31-18(4)21(27)24-19-7-9-20(10-8-19)32(28,29)25-12-14-30-15-13-25/h7-10,18H,5-6,11-15H2,1-4H3,(H,24,27). The molecule has 0 bridgehead atoms. The molecule has 1 amide bonds. The Hall–Kier alpha value is -1.88. The van der Waals surface area contributed by atoms with Crippen LogP contribution in [0, 0.1) is 13.8 Å². The number of aromatic nitrogens is 2. The van der Waals surface area contributed by atoms with Gasteiger partial charge in [0.15, 0.2) is 5.16 Å². The second kappa shape index (κ2) is 10.8. The smallest absolute Gasteiger partial charge is 0.243 e. The van der Waals surface area contributed by atoms with E-state index in [1.807, 2.05) is 13.8 Å². The molecule has 0 radical (unpaired) electrons. The molecule has 1 saturated heterocycles. The van der Waals surface area contributed by atoms with Crippen LogP contribution in [0.3, 0.4) is 0 Å². The lowest BCUT2D eigenvalue weighted by molar-refractivity contribution is -0.115. The summed E-state index contributed by atoms with van der Waals surface area (Å²) in [5.41, 5.74) is 2.67. The SMILES string of the molecule is CCCCn1c(SC(C)C(=O)Nc2ccc(S(=O)(=O)N3CCOCC3)cc2)nc(C)c1C. The van der Waals surface area contributed by atoms with Crippen LogP contribution >= 0.6 is 11.8 Å². The third kappa shape index (κ3) is 5.72. The number of carbonyl (C=O) groups excluding carboxylic acids is 1. The number of thioether (sulfide) groups is 1. The third-order valence-electron chi connectivity index (χ3n) is 5.54. The summed E-state index contributed by atoms with van der Waals surface area (Å²) in [5.74, 6) is -0.154. The van der Waals surface area contributed by atoms with Gasteiger partial charge in [0.2, 0.25) is 15.9 Å². The summed E-state index contributed by atoms with van der Waals surface area (Å²) in [6, 6.07) is 6.31. The average Bonchev–Trinajstić information content (AvgIpc) is 3.05. The number of hydrogen-bond donors (Lipinski definition) is 1. The predicted molar refractivity (Wildman–Crippen MR) is 127 cm³/mol. The van der Waals surface area contributed by atoms with E-state index in [9.17, 15) is 13.2 Å². The zero-order valence-corrected chi connectivity index (χ0v) is 20.8. The summed E-state index contributed by atoms with van der Waals surface area (Å²) in [6.07, 6.45) is 2.15. The number of anilines is 1. The Bertz CT molecular complexity index is 1030. The van der Waals surface area contributed by atoms with E-state index < -0.39 is 10.0 Å². The van der Waals surface area contributed by atoms with Gasteiger partial charge in [-0.3, -0.25) is 4.79 Å². The summed E-state index contributed by atoms with van der Waals surface area (Å²) < 4.78 is 34.3. The lowest BCUT2D eigenvalue weighted by Gasteiger charge is -2.26. The van der Waals surface area contributed by atoms with Gasteiger partial charge in [-0.15, -0.1) is 0 Å². The summed E-state index contributed by atoms with van der Waals surface area (Å²) in [5, 5.41) is 3.38. The van der Waals surface area contributed by atoms with Crippen molar-refractivity contribution in [1.82, 2.24) is 13.9 Å². The molecule has 2 heterocycles. The molecule has 8 nitrogen and oxygen atoms in total. The number of unbranched alkanes of at least 4 members (excludes halogenated alkanes) is 1. The van der Waals surface area contributed by atoms with Gasteiger partial charge >= 0.3 is 0 Å². The van der Waals surface area contributed by atoms with E-state index in [0.29, 0.717) is 32.0 Å². The van der Waals surface area contributed by atoms with Crippen LogP contribution in [0.25, 0.3) is 0 Å². The van der Waals surface area contributed by atoms with E-state index in [1.165, 1.54) is 28.2 Å². The number of hydrogen-bond acceptors (Lipinski definition) is 6. The first-order valence-corrected chi connectivity index (χ1v) is 13.2. The Morgan fingerprint density at radius 2 is 1.88 bits per heavy atom. The van der Waals surface area contributed by atoms with Crippen LogP contribution in [-0.4, -0.2) is 59.7 Å². The number of carbonyl (C=O) groups is 1. The number of ether oxygens (including phenoxy) is 1. The van der Waals surface area contributed by atoms with Crippen LogP contribution in [0.5, 0.6) is 0 Å². The topological polar surface area (TPSA) is 93.5 Å². The van der Waals surface area contributed by atoms with Crippen molar-refractivity contribution in [3.05, 3.63) is 35.7 Å². The molecule has 176 valence electrons. The molecular formula is C22H32N4O4S2. The highest BCUT2D eigenvalue weighted by molar-refractivity contribution is 8.00. The van der Waals surface area contributed by atoms with E-state index >= 15 is 0 Å². The van der Waals surface area contributed by atoms with Gasteiger partial charge in [0.1, 0.15) is 0 Å². The van der Waals surface area contributed by atoms with Gasteiger partial charge in [0.25, 0.3) is 0 Å². The summed E-state index contributed by atoms with van der Waals surface area (Å²) >= 11 is 1.43. The molecule has 1 N–H and O–H groups in total. The Balaban J connectivity index is 1.64. The highest BCUT2D eigenvalue weighted by Crippen LogP contribution is 2.27. The highest BCUT2D eigenvalue weighted by atomic mass is 32.2. The average molecular weight is 481 g/mol. The molecule has 1 aromatic heterocycles. The Morgan fingerprint density at radius 3 is 2.50 bits per heavy atom. The Labute approximate surface area is 194 Å². The molecule has 3 rings (SSSR count). The minimum atomic E-state index is -3.55. The molecule has 1 aliphatic rings. The van der Waals surface area contributed by atoms with Crippen LogP contribution in [-0.2, 0) is 26.1 Å². The van der Waals surface area contributed by atoms with Crippen LogP contribution in [0.2, 0.25) is 0 Å². The van der Waals surface area contributed by atoms with Crippen molar-refractivity contribution in [2.75, 3.05) is 31.6 Å². The molecule has 10 heteroatoms. The van der Waals surface area contributed by atoms with E-state index in [2.05, 4.69) is 28.7 Å². The first-order valence-electron chi connectivity index (χ1n) is 10.9. The number of morpholine rings is 1. The fourth-order valence-corrected chi connectivity index (χ4v) is 5.83. The number of nitrogens with one attached hydrogen (secondary N) is 1. The van der Waals surface area contributed by atoms with Gasteiger partial charge in [-0.1, -0.05) is 25.1 Å². The lowest BCUT2D eigenvalue weighted by atomic mass is 10.3. The summed E-state index contributed by atoms with van der Waals surface area (Å²) in [4.78, 5) is 17.6.